The van der Waals surface area contributed by atoms with Gasteiger partial charge in [0.1, 0.15) is 5.82 Å². The van der Waals surface area contributed by atoms with E-state index in [1.807, 2.05) is 6.07 Å². The Balaban J connectivity index is 0.00000210. The summed E-state index contributed by atoms with van der Waals surface area (Å²) in [5, 5.41) is 0.584. The smallest absolute Gasteiger partial charge is 0.308 e. The normalized spacial score (nSPS) is 17.6. The van der Waals surface area contributed by atoms with Crippen LogP contribution in [0.5, 0.6) is 5.06 Å². The van der Waals surface area contributed by atoms with Crippen LogP contribution >= 0.6 is 23.7 Å². The third-order valence-corrected chi connectivity index (χ3v) is 6.05. The first-order valence-corrected chi connectivity index (χ1v) is 9.67. The van der Waals surface area contributed by atoms with Gasteiger partial charge in [0.05, 0.1) is 6.04 Å². The molecule has 0 radical (unpaired) electrons. The zero-order chi connectivity index (χ0) is 18.3. The van der Waals surface area contributed by atoms with Gasteiger partial charge >= 0.3 is 5.97 Å². The quantitative estimate of drug-likeness (QED) is 0.690. The van der Waals surface area contributed by atoms with E-state index in [2.05, 4.69) is 4.90 Å². The minimum atomic E-state index is -0.547. The number of halogens is 2. The molecule has 2 heterocycles. The summed E-state index contributed by atoms with van der Waals surface area (Å²) in [6, 6.07) is 7.89. The van der Waals surface area contributed by atoms with Crippen molar-refractivity contribution in [1.29, 1.82) is 0 Å². The van der Waals surface area contributed by atoms with Gasteiger partial charge in [0.15, 0.2) is 10.8 Å². The van der Waals surface area contributed by atoms with E-state index in [1.165, 1.54) is 29.2 Å². The highest BCUT2D eigenvalue weighted by Gasteiger charge is 2.40. The number of rotatable bonds is 5. The van der Waals surface area contributed by atoms with E-state index < -0.39 is 6.04 Å². The predicted molar refractivity (Wildman–Crippen MR) is 104 cm³/mol. The molecule has 7 heteroatoms. The fraction of sp³-hybridized carbons (Fsp3) is 0.400. The molecule has 4 nitrogen and oxygen atoms in total. The number of esters is 1. The number of ketones is 1. The Kier molecular flexibility index (Phi) is 5.99. The molecule has 4 rings (SSSR count). The summed E-state index contributed by atoms with van der Waals surface area (Å²) in [5.41, 5.74) is 1.52. The lowest BCUT2D eigenvalue weighted by molar-refractivity contribution is -0.131. The van der Waals surface area contributed by atoms with Crippen LogP contribution < -0.4 is 4.74 Å². The Labute approximate surface area is 167 Å². The molecular weight excluding hydrogens is 389 g/mol. The molecule has 0 spiro atoms. The summed E-state index contributed by atoms with van der Waals surface area (Å²) < 4.78 is 19.6. The molecule has 1 aromatic carbocycles. The SMILES string of the molecule is CC(=O)Oc1cc2c(s1)CCN([C@H](C(=O)C1CC1)c1ccccc1F)C2.Cl. The molecule has 1 aliphatic heterocycles. The van der Waals surface area contributed by atoms with Crippen LogP contribution in [0.4, 0.5) is 4.39 Å². The second kappa shape index (κ2) is 8.09. The molecule has 0 unspecified atom stereocenters. The second-order valence-electron chi connectivity index (χ2n) is 6.93. The number of carbonyl (C=O) groups is 2. The Morgan fingerprint density at radius 3 is 2.70 bits per heavy atom. The zero-order valence-corrected chi connectivity index (χ0v) is 16.6. The first-order valence-electron chi connectivity index (χ1n) is 8.85. The molecule has 1 aromatic heterocycles. The number of Topliss-reactive ketones (excluding diaryl/α,β-unsaturated/α-hetero) is 1. The number of ether oxygens (including phenoxy) is 1. The van der Waals surface area contributed by atoms with E-state index in [1.54, 1.807) is 18.2 Å². The topological polar surface area (TPSA) is 46.6 Å². The summed E-state index contributed by atoms with van der Waals surface area (Å²) in [6.07, 6.45) is 2.57. The van der Waals surface area contributed by atoms with Gasteiger partial charge in [-0.25, -0.2) is 4.39 Å². The molecule has 0 saturated heterocycles. The molecular formula is C20H21ClFNO3S. The van der Waals surface area contributed by atoms with Crippen LogP contribution in [-0.4, -0.2) is 23.2 Å². The summed E-state index contributed by atoms with van der Waals surface area (Å²) in [5.74, 6) is -0.495. The average molecular weight is 410 g/mol. The van der Waals surface area contributed by atoms with Gasteiger partial charge < -0.3 is 4.74 Å². The Morgan fingerprint density at radius 1 is 1.30 bits per heavy atom. The van der Waals surface area contributed by atoms with Crippen LogP contribution in [0, 0.1) is 11.7 Å². The molecule has 1 aliphatic carbocycles. The maximum Gasteiger partial charge on any atom is 0.308 e. The number of fused-ring (bicyclic) bond motifs is 1. The maximum atomic E-state index is 14.4. The van der Waals surface area contributed by atoms with Crippen LogP contribution in [-0.2, 0) is 22.6 Å². The Hall–Kier alpha value is -1.76. The summed E-state index contributed by atoms with van der Waals surface area (Å²) in [7, 11) is 0. The highest BCUT2D eigenvalue weighted by molar-refractivity contribution is 7.14. The Bertz CT molecular complexity index is 865. The van der Waals surface area contributed by atoms with E-state index in [0.29, 0.717) is 23.7 Å². The minimum absolute atomic E-state index is 0. The average Bonchev–Trinajstić information content (AvgIpc) is 3.37. The first kappa shape index (κ1) is 20.0. The fourth-order valence-corrected chi connectivity index (χ4v) is 4.61. The van der Waals surface area contributed by atoms with Crippen molar-refractivity contribution in [1.82, 2.24) is 4.90 Å². The second-order valence-corrected chi connectivity index (χ2v) is 8.03. The van der Waals surface area contributed by atoms with Crippen LogP contribution in [0.2, 0.25) is 0 Å². The molecule has 0 bridgehead atoms. The number of nitrogens with zero attached hydrogens (tertiary/aromatic N) is 1. The van der Waals surface area contributed by atoms with Crippen molar-refractivity contribution in [3.63, 3.8) is 0 Å². The number of hydrogen-bond donors (Lipinski definition) is 0. The number of thiophene rings is 1. The van der Waals surface area contributed by atoms with Crippen molar-refractivity contribution < 1.29 is 18.7 Å². The third-order valence-electron chi connectivity index (χ3n) is 4.93. The molecule has 1 fully saturated rings. The van der Waals surface area contributed by atoms with Gasteiger partial charge in [-0.05, 0) is 37.0 Å². The van der Waals surface area contributed by atoms with Gasteiger partial charge in [-0.2, -0.15) is 0 Å². The standard InChI is InChI=1S/C20H20FNO3S.ClH/c1-12(23)25-18-10-14-11-22(9-8-17(14)26-18)19(20(24)13-6-7-13)15-4-2-3-5-16(15)21;/h2-5,10,13,19H,6-9,11H2,1H3;1H/t19-;/m0./s1. The van der Waals surface area contributed by atoms with Gasteiger partial charge in [-0.1, -0.05) is 18.2 Å². The fourth-order valence-electron chi connectivity index (χ4n) is 3.56. The summed E-state index contributed by atoms with van der Waals surface area (Å²) >= 11 is 1.47. The molecule has 144 valence electrons. The van der Waals surface area contributed by atoms with Gasteiger partial charge in [-0.3, -0.25) is 14.5 Å². The van der Waals surface area contributed by atoms with E-state index in [9.17, 15) is 14.0 Å². The molecule has 2 aliphatic rings. The number of benzene rings is 1. The monoisotopic (exact) mass is 409 g/mol. The van der Waals surface area contributed by atoms with Crippen LogP contribution in [0.3, 0.4) is 0 Å². The molecule has 1 atom stereocenters. The molecule has 0 amide bonds. The van der Waals surface area contributed by atoms with Crippen molar-refractivity contribution in [3.05, 3.63) is 52.2 Å². The number of carbonyl (C=O) groups excluding carboxylic acids is 2. The molecule has 0 N–H and O–H groups in total. The first-order chi connectivity index (χ1) is 12.5. The lowest BCUT2D eigenvalue weighted by Crippen LogP contribution is -2.38. The van der Waals surface area contributed by atoms with Gasteiger partial charge in [0.2, 0.25) is 0 Å². The van der Waals surface area contributed by atoms with Gasteiger partial charge in [0.25, 0.3) is 0 Å². The lowest BCUT2D eigenvalue weighted by Gasteiger charge is -2.34. The van der Waals surface area contributed by atoms with E-state index in [4.69, 9.17) is 4.74 Å². The van der Waals surface area contributed by atoms with Gasteiger partial charge in [-0.15, -0.1) is 23.7 Å². The molecule has 1 saturated carbocycles. The highest BCUT2D eigenvalue weighted by atomic mass is 35.5. The van der Waals surface area contributed by atoms with Crippen molar-refractivity contribution in [2.45, 2.75) is 38.8 Å². The van der Waals surface area contributed by atoms with Crippen molar-refractivity contribution in [2.75, 3.05) is 6.54 Å². The maximum absolute atomic E-state index is 14.4. The molecule has 27 heavy (non-hydrogen) atoms. The molecule has 2 aromatic rings. The Morgan fingerprint density at radius 2 is 2.04 bits per heavy atom. The van der Waals surface area contributed by atoms with Crippen LogP contribution in [0.1, 0.15) is 41.8 Å². The van der Waals surface area contributed by atoms with Crippen LogP contribution in [0.15, 0.2) is 30.3 Å². The summed E-state index contributed by atoms with van der Waals surface area (Å²) in [6.45, 7) is 2.63. The largest absolute Gasteiger partial charge is 0.416 e. The van der Waals surface area contributed by atoms with E-state index >= 15 is 0 Å². The van der Waals surface area contributed by atoms with E-state index in [-0.39, 0.29) is 35.9 Å². The minimum Gasteiger partial charge on any atom is -0.416 e. The van der Waals surface area contributed by atoms with Crippen molar-refractivity contribution in [2.24, 2.45) is 5.92 Å². The van der Waals surface area contributed by atoms with Crippen molar-refractivity contribution in [3.8, 4) is 5.06 Å². The third kappa shape index (κ3) is 4.23. The van der Waals surface area contributed by atoms with Crippen LogP contribution in [0.25, 0.3) is 0 Å². The number of hydrogen-bond acceptors (Lipinski definition) is 5. The van der Waals surface area contributed by atoms with Gasteiger partial charge in [0, 0.05) is 36.4 Å². The predicted octanol–water partition coefficient (Wildman–Crippen LogP) is 4.31. The zero-order valence-electron chi connectivity index (χ0n) is 14.9. The van der Waals surface area contributed by atoms with Crippen molar-refractivity contribution >= 4 is 35.5 Å². The lowest BCUT2D eigenvalue weighted by atomic mass is 9.95. The van der Waals surface area contributed by atoms with E-state index in [0.717, 1.165) is 24.8 Å². The summed E-state index contributed by atoms with van der Waals surface area (Å²) in [4.78, 5) is 27.4. The highest BCUT2D eigenvalue weighted by Crippen LogP contribution is 2.41.